The van der Waals surface area contributed by atoms with E-state index in [0.717, 1.165) is 53.5 Å². The molecule has 31 heavy (non-hydrogen) atoms. The van der Waals surface area contributed by atoms with Gasteiger partial charge < -0.3 is 14.8 Å². The summed E-state index contributed by atoms with van der Waals surface area (Å²) in [6.07, 6.45) is 0.906. The van der Waals surface area contributed by atoms with Crippen molar-refractivity contribution >= 4 is 22.3 Å². The number of ether oxygens (including phenoxy) is 2. The lowest BCUT2D eigenvalue weighted by atomic mass is 10.00. The minimum Gasteiger partial charge on any atom is -0.487 e. The number of aromatic nitrogens is 3. The van der Waals surface area contributed by atoms with E-state index in [1.807, 2.05) is 25.1 Å². The zero-order valence-corrected chi connectivity index (χ0v) is 18.9. The van der Waals surface area contributed by atoms with Gasteiger partial charge in [0.15, 0.2) is 0 Å². The lowest BCUT2D eigenvalue weighted by Crippen LogP contribution is -2.38. The summed E-state index contributed by atoms with van der Waals surface area (Å²) in [7, 11) is 0. The van der Waals surface area contributed by atoms with Crippen molar-refractivity contribution in [3.8, 4) is 5.75 Å². The van der Waals surface area contributed by atoms with Gasteiger partial charge in [-0.25, -0.2) is 4.98 Å². The summed E-state index contributed by atoms with van der Waals surface area (Å²) in [4.78, 5) is 7.20. The van der Waals surface area contributed by atoms with E-state index in [2.05, 4.69) is 52.5 Å². The molecule has 2 aliphatic heterocycles. The number of morpholine rings is 1. The SMILES string of the molecule is Cc1nnc(Nc2cccc([C@H]3CN(Cc4ccc5c(c4)CC(C)(C)O5)CCO3)n2)s1. The van der Waals surface area contributed by atoms with Gasteiger partial charge in [0, 0.05) is 26.1 Å². The Morgan fingerprint density at radius 2 is 2.13 bits per heavy atom. The summed E-state index contributed by atoms with van der Waals surface area (Å²) in [5.74, 6) is 1.78. The van der Waals surface area contributed by atoms with E-state index in [-0.39, 0.29) is 11.7 Å². The van der Waals surface area contributed by atoms with Crippen LogP contribution in [0.5, 0.6) is 5.75 Å². The quantitative estimate of drug-likeness (QED) is 0.639. The first kappa shape index (κ1) is 20.4. The number of rotatable bonds is 5. The van der Waals surface area contributed by atoms with Crippen molar-refractivity contribution in [2.45, 2.75) is 45.4 Å². The van der Waals surface area contributed by atoms with Gasteiger partial charge in [-0.05, 0) is 50.1 Å². The molecule has 162 valence electrons. The molecule has 2 aliphatic rings. The van der Waals surface area contributed by atoms with Gasteiger partial charge in [0.1, 0.15) is 28.3 Å². The minimum absolute atomic E-state index is 0.0525. The maximum atomic E-state index is 6.07. The van der Waals surface area contributed by atoms with Crippen molar-refractivity contribution in [1.82, 2.24) is 20.1 Å². The summed E-state index contributed by atoms with van der Waals surface area (Å²) in [5.41, 5.74) is 3.44. The van der Waals surface area contributed by atoms with E-state index in [0.29, 0.717) is 6.61 Å². The van der Waals surface area contributed by atoms with Gasteiger partial charge in [0.05, 0.1) is 12.3 Å². The van der Waals surface area contributed by atoms with Gasteiger partial charge >= 0.3 is 0 Å². The minimum atomic E-state index is -0.108. The van der Waals surface area contributed by atoms with Gasteiger partial charge in [0.2, 0.25) is 5.13 Å². The topological polar surface area (TPSA) is 72.4 Å². The largest absolute Gasteiger partial charge is 0.487 e. The van der Waals surface area contributed by atoms with Gasteiger partial charge in [-0.1, -0.05) is 29.5 Å². The van der Waals surface area contributed by atoms with E-state index in [1.165, 1.54) is 22.5 Å². The summed E-state index contributed by atoms with van der Waals surface area (Å²) >= 11 is 1.51. The van der Waals surface area contributed by atoms with E-state index >= 15 is 0 Å². The Balaban J connectivity index is 1.25. The summed E-state index contributed by atoms with van der Waals surface area (Å²) in [5, 5.41) is 13.1. The van der Waals surface area contributed by atoms with E-state index < -0.39 is 0 Å². The zero-order chi connectivity index (χ0) is 21.4. The number of nitrogens with zero attached hydrogens (tertiary/aromatic N) is 4. The van der Waals surface area contributed by atoms with Gasteiger partial charge in [-0.2, -0.15) is 0 Å². The smallest absolute Gasteiger partial charge is 0.211 e. The average Bonchev–Trinajstić information content (AvgIpc) is 3.28. The highest BCUT2D eigenvalue weighted by atomic mass is 32.1. The van der Waals surface area contributed by atoms with Crippen molar-refractivity contribution in [1.29, 1.82) is 0 Å². The Hall–Kier alpha value is -2.55. The normalized spacial score (nSPS) is 20.3. The molecular weight excluding hydrogens is 410 g/mol. The van der Waals surface area contributed by atoms with Crippen LogP contribution in [0.15, 0.2) is 36.4 Å². The summed E-state index contributed by atoms with van der Waals surface area (Å²) < 4.78 is 12.1. The Bertz CT molecular complexity index is 1080. The lowest BCUT2D eigenvalue weighted by molar-refractivity contribution is -0.0349. The number of pyridine rings is 1. The van der Waals surface area contributed by atoms with E-state index in [9.17, 15) is 0 Å². The average molecular weight is 438 g/mol. The molecule has 7 nitrogen and oxygen atoms in total. The number of hydrogen-bond donors (Lipinski definition) is 1. The van der Waals surface area contributed by atoms with Crippen molar-refractivity contribution in [3.05, 3.63) is 58.2 Å². The number of benzene rings is 1. The van der Waals surface area contributed by atoms with Gasteiger partial charge in [0.25, 0.3) is 0 Å². The Morgan fingerprint density at radius 3 is 2.97 bits per heavy atom. The fraction of sp³-hybridized carbons (Fsp3) is 0.435. The number of fused-ring (bicyclic) bond motifs is 1. The van der Waals surface area contributed by atoms with Gasteiger partial charge in [-0.3, -0.25) is 4.90 Å². The molecule has 0 unspecified atom stereocenters. The lowest BCUT2D eigenvalue weighted by Gasteiger charge is -2.32. The first-order valence-electron chi connectivity index (χ1n) is 10.6. The molecule has 1 fully saturated rings. The van der Waals surface area contributed by atoms with Crippen LogP contribution in [0.3, 0.4) is 0 Å². The van der Waals surface area contributed by atoms with Crippen LogP contribution in [0.1, 0.15) is 41.8 Å². The van der Waals surface area contributed by atoms with Crippen LogP contribution in [0, 0.1) is 6.92 Å². The zero-order valence-electron chi connectivity index (χ0n) is 18.1. The third-order valence-electron chi connectivity index (χ3n) is 5.55. The molecule has 1 atom stereocenters. The maximum Gasteiger partial charge on any atom is 0.211 e. The summed E-state index contributed by atoms with van der Waals surface area (Å²) in [6, 6.07) is 12.6. The molecule has 0 amide bonds. The number of anilines is 2. The fourth-order valence-corrected chi connectivity index (χ4v) is 4.80. The third kappa shape index (κ3) is 4.71. The molecule has 8 heteroatoms. The monoisotopic (exact) mass is 437 g/mol. The highest BCUT2D eigenvalue weighted by Crippen LogP contribution is 2.35. The molecule has 0 bridgehead atoms. The molecule has 4 heterocycles. The predicted molar refractivity (Wildman–Crippen MR) is 121 cm³/mol. The van der Waals surface area contributed by atoms with E-state index in [1.54, 1.807) is 0 Å². The molecule has 5 rings (SSSR count). The van der Waals surface area contributed by atoms with Crippen molar-refractivity contribution in [3.63, 3.8) is 0 Å². The Morgan fingerprint density at radius 1 is 1.23 bits per heavy atom. The second-order valence-corrected chi connectivity index (χ2v) is 9.96. The highest BCUT2D eigenvalue weighted by Gasteiger charge is 2.30. The maximum absolute atomic E-state index is 6.07. The van der Waals surface area contributed by atoms with Crippen molar-refractivity contribution in [2.24, 2.45) is 0 Å². The van der Waals surface area contributed by atoms with Crippen LogP contribution < -0.4 is 10.1 Å². The first-order chi connectivity index (χ1) is 14.9. The fourth-order valence-electron chi connectivity index (χ4n) is 4.20. The van der Waals surface area contributed by atoms with Crippen molar-refractivity contribution in [2.75, 3.05) is 25.0 Å². The van der Waals surface area contributed by atoms with Gasteiger partial charge in [-0.15, -0.1) is 10.2 Å². The highest BCUT2D eigenvalue weighted by molar-refractivity contribution is 7.15. The molecule has 1 saturated heterocycles. The van der Waals surface area contributed by atoms with Crippen LogP contribution in [-0.4, -0.2) is 45.4 Å². The molecule has 0 aliphatic carbocycles. The van der Waals surface area contributed by atoms with Crippen molar-refractivity contribution < 1.29 is 9.47 Å². The molecule has 0 spiro atoms. The molecular formula is C23H27N5O2S. The Labute approximate surface area is 186 Å². The predicted octanol–water partition coefficient (Wildman–Crippen LogP) is 4.27. The van der Waals surface area contributed by atoms with E-state index in [4.69, 9.17) is 14.5 Å². The second-order valence-electron chi connectivity index (χ2n) is 8.77. The molecule has 2 aromatic heterocycles. The first-order valence-corrected chi connectivity index (χ1v) is 11.4. The number of hydrogen-bond acceptors (Lipinski definition) is 8. The van der Waals surface area contributed by atoms with Crippen LogP contribution >= 0.6 is 11.3 Å². The second kappa shape index (κ2) is 8.18. The molecule has 1 aromatic carbocycles. The molecule has 1 N–H and O–H groups in total. The van der Waals surface area contributed by atoms with Crippen LogP contribution in [0.25, 0.3) is 0 Å². The van der Waals surface area contributed by atoms with Crippen LogP contribution in [-0.2, 0) is 17.7 Å². The number of aryl methyl sites for hydroxylation is 1. The molecule has 0 radical (unpaired) electrons. The summed E-state index contributed by atoms with van der Waals surface area (Å²) in [6.45, 7) is 9.54. The Kier molecular flexibility index (Phi) is 5.37. The number of nitrogens with one attached hydrogen (secondary N) is 1. The molecule has 3 aromatic rings. The third-order valence-corrected chi connectivity index (χ3v) is 6.30. The standard InChI is InChI=1S/C23H27N5O2S/c1-15-26-27-22(31-15)25-21-6-4-5-18(24-21)20-14-28(9-10-29-20)13-16-7-8-19-17(11-16)12-23(2,3)30-19/h4-8,11,20H,9-10,12-14H2,1-3H3,(H,24,25,27)/t20-/m1/s1. The molecule has 0 saturated carbocycles. The van der Waals surface area contributed by atoms with Crippen LogP contribution in [0.4, 0.5) is 10.9 Å². The van der Waals surface area contributed by atoms with Crippen LogP contribution in [0.2, 0.25) is 0 Å².